The Labute approximate surface area is 121 Å². The van der Waals surface area contributed by atoms with Crippen molar-refractivity contribution in [1.82, 2.24) is 9.78 Å². The van der Waals surface area contributed by atoms with Gasteiger partial charge in [-0.3, -0.25) is 0 Å². The summed E-state index contributed by atoms with van der Waals surface area (Å²) >= 11 is 9.62. The van der Waals surface area contributed by atoms with E-state index in [1.807, 2.05) is 22.9 Å². The molecule has 0 aliphatic heterocycles. The Balaban J connectivity index is 2.59. The Hall–Kier alpha value is -0.800. The fraction of sp³-hybridized carbons (Fsp3) is 0.357. The van der Waals surface area contributed by atoms with Crippen LogP contribution in [0.25, 0.3) is 5.69 Å². The lowest BCUT2D eigenvalue weighted by Gasteiger charge is -2.11. The minimum Gasteiger partial charge on any atom is -0.237 e. The molecule has 0 amide bonds. The van der Waals surface area contributed by atoms with Gasteiger partial charge in [-0.25, -0.2) is 4.68 Å². The quantitative estimate of drug-likeness (QED) is 0.754. The fourth-order valence-electron chi connectivity index (χ4n) is 1.96. The van der Waals surface area contributed by atoms with Gasteiger partial charge in [0.25, 0.3) is 0 Å². The Morgan fingerprint density at radius 1 is 1.22 bits per heavy atom. The lowest BCUT2D eigenvalue weighted by molar-refractivity contribution is 0.789. The molecule has 1 aromatic carbocycles. The molecule has 2 aromatic rings. The standard InChI is InChI=1S/C14H16BrClN2/c1-3-12-8-13(4-2)18(17-12)14-7-11(16)6-5-10(14)9-15/h5-8H,3-4,9H2,1-2H3. The normalized spacial score (nSPS) is 10.9. The van der Waals surface area contributed by atoms with Crippen LogP contribution in [0.2, 0.25) is 5.02 Å². The minimum absolute atomic E-state index is 0.741. The lowest BCUT2D eigenvalue weighted by atomic mass is 10.2. The molecule has 0 aliphatic carbocycles. The van der Waals surface area contributed by atoms with Crippen LogP contribution in [-0.2, 0) is 18.2 Å². The van der Waals surface area contributed by atoms with Gasteiger partial charge < -0.3 is 0 Å². The van der Waals surface area contributed by atoms with Gasteiger partial charge in [0.05, 0.1) is 11.4 Å². The van der Waals surface area contributed by atoms with Crippen LogP contribution in [0.5, 0.6) is 0 Å². The van der Waals surface area contributed by atoms with Gasteiger partial charge in [-0.1, -0.05) is 47.4 Å². The average Bonchev–Trinajstić information content (AvgIpc) is 2.81. The van der Waals surface area contributed by atoms with Gasteiger partial charge >= 0.3 is 0 Å². The Morgan fingerprint density at radius 2 is 2.00 bits per heavy atom. The van der Waals surface area contributed by atoms with E-state index in [9.17, 15) is 0 Å². The van der Waals surface area contributed by atoms with E-state index in [1.54, 1.807) is 0 Å². The largest absolute Gasteiger partial charge is 0.237 e. The Morgan fingerprint density at radius 3 is 2.61 bits per heavy atom. The van der Waals surface area contributed by atoms with Gasteiger partial charge in [0.2, 0.25) is 0 Å². The third-order valence-electron chi connectivity index (χ3n) is 2.98. The maximum absolute atomic E-state index is 6.10. The van der Waals surface area contributed by atoms with Gasteiger partial charge in [-0.2, -0.15) is 5.10 Å². The van der Waals surface area contributed by atoms with Crippen molar-refractivity contribution in [3.8, 4) is 5.69 Å². The summed E-state index contributed by atoms with van der Waals surface area (Å²) in [5.41, 5.74) is 4.60. The molecule has 1 heterocycles. The van der Waals surface area contributed by atoms with E-state index in [0.717, 1.165) is 34.6 Å². The summed E-state index contributed by atoms with van der Waals surface area (Å²) in [4.78, 5) is 0. The number of nitrogens with zero attached hydrogens (tertiary/aromatic N) is 2. The predicted molar refractivity (Wildman–Crippen MR) is 80.0 cm³/mol. The van der Waals surface area contributed by atoms with Gasteiger partial charge in [-0.15, -0.1) is 0 Å². The van der Waals surface area contributed by atoms with Crippen LogP contribution < -0.4 is 0 Å². The molecule has 18 heavy (non-hydrogen) atoms. The first kappa shape index (κ1) is 13.6. The number of hydrogen-bond acceptors (Lipinski definition) is 1. The summed E-state index contributed by atoms with van der Waals surface area (Å²) in [6, 6.07) is 8.10. The van der Waals surface area contributed by atoms with Crippen LogP contribution in [0.15, 0.2) is 24.3 Å². The van der Waals surface area contributed by atoms with E-state index in [4.69, 9.17) is 11.6 Å². The number of aromatic nitrogens is 2. The van der Waals surface area contributed by atoms with Crippen LogP contribution in [-0.4, -0.2) is 9.78 Å². The SMILES string of the molecule is CCc1cc(CC)n(-c2cc(Cl)ccc2CBr)n1. The molecule has 0 bridgehead atoms. The van der Waals surface area contributed by atoms with E-state index in [2.05, 4.69) is 40.9 Å². The highest BCUT2D eigenvalue weighted by molar-refractivity contribution is 9.08. The van der Waals surface area contributed by atoms with E-state index < -0.39 is 0 Å². The van der Waals surface area contributed by atoms with Crippen molar-refractivity contribution in [2.75, 3.05) is 0 Å². The van der Waals surface area contributed by atoms with Gasteiger partial charge in [0.15, 0.2) is 0 Å². The zero-order valence-electron chi connectivity index (χ0n) is 10.6. The van der Waals surface area contributed by atoms with Crippen molar-refractivity contribution in [3.05, 3.63) is 46.2 Å². The molecule has 2 rings (SSSR count). The molecular formula is C14H16BrClN2. The number of alkyl halides is 1. The summed E-state index contributed by atoms with van der Waals surface area (Å²) < 4.78 is 2.02. The van der Waals surface area contributed by atoms with Crippen molar-refractivity contribution in [2.24, 2.45) is 0 Å². The minimum atomic E-state index is 0.741. The van der Waals surface area contributed by atoms with E-state index in [0.29, 0.717) is 0 Å². The number of halogens is 2. The lowest BCUT2D eigenvalue weighted by Crippen LogP contribution is -2.04. The first-order chi connectivity index (χ1) is 8.69. The molecule has 4 heteroatoms. The van der Waals surface area contributed by atoms with E-state index in [1.165, 1.54) is 11.3 Å². The monoisotopic (exact) mass is 326 g/mol. The summed E-state index contributed by atoms with van der Waals surface area (Å²) in [5.74, 6) is 0. The number of rotatable bonds is 4. The first-order valence-corrected chi connectivity index (χ1v) is 7.62. The van der Waals surface area contributed by atoms with Crippen LogP contribution >= 0.6 is 27.5 Å². The second-order valence-corrected chi connectivity index (χ2v) is 5.15. The average molecular weight is 328 g/mol. The number of aryl methyl sites for hydroxylation is 2. The highest BCUT2D eigenvalue weighted by Crippen LogP contribution is 2.24. The summed E-state index contributed by atoms with van der Waals surface area (Å²) in [5, 5.41) is 6.19. The molecule has 0 fully saturated rings. The molecule has 0 unspecified atom stereocenters. The number of hydrogen-bond donors (Lipinski definition) is 0. The second kappa shape index (κ2) is 5.89. The summed E-state index contributed by atoms with van der Waals surface area (Å²) in [6.45, 7) is 4.26. The maximum atomic E-state index is 6.10. The maximum Gasteiger partial charge on any atom is 0.0704 e. The molecule has 96 valence electrons. The van der Waals surface area contributed by atoms with Crippen LogP contribution in [0.1, 0.15) is 30.8 Å². The highest BCUT2D eigenvalue weighted by Gasteiger charge is 2.11. The van der Waals surface area contributed by atoms with E-state index in [-0.39, 0.29) is 0 Å². The summed E-state index contributed by atoms with van der Waals surface area (Å²) in [7, 11) is 0. The van der Waals surface area contributed by atoms with Crippen LogP contribution in [0.4, 0.5) is 0 Å². The topological polar surface area (TPSA) is 17.8 Å². The van der Waals surface area contributed by atoms with Crippen molar-refractivity contribution in [3.63, 3.8) is 0 Å². The van der Waals surface area contributed by atoms with Gasteiger partial charge in [0.1, 0.15) is 0 Å². The smallest absolute Gasteiger partial charge is 0.0704 e. The van der Waals surface area contributed by atoms with Crippen LogP contribution in [0, 0.1) is 0 Å². The molecule has 0 N–H and O–H groups in total. The Bertz CT molecular complexity index is 549. The molecule has 1 aromatic heterocycles. The molecule has 2 nitrogen and oxygen atoms in total. The Kier molecular flexibility index (Phi) is 4.46. The molecule has 0 aliphatic rings. The van der Waals surface area contributed by atoms with E-state index >= 15 is 0 Å². The number of benzene rings is 1. The van der Waals surface area contributed by atoms with Crippen molar-refractivity contribution < 1.29 is 0 Å². The van der Waals surface area contributed by atoms with Gasteiger partial charge in [-0.05, 0) is 36.6 Å². The van der Waals surface area contributed by atoms with Crippen molar-refractivity contribution in [2.45, 2.75) is 32.0 Å². The molecule has 0 spiro atoms. The first-order valence-electron chi connectivity index (χ1n) is 6.12. The predicted octanol–water partition coefficient (Wildman–Crippen LogP) is 4.55. The zero-order valence-corrected chi connectivity index (χ0v) is 12.9. The highest BCUT2D eigenvalue weighted by atomic mass is 79.9. The molecular weight excluding hydrogens is 312 g/mol. The summed E-state index contributed by atoms with van der Waals surface area (Å²) in [6.07, 6.45) is 1.91. The van der Waals surface area contributed by atoms with Crippen LogP contribution in [0.3, 0.4) is 0 Å². The zero-order chi connectivity index (χ0) is 13.1. The third kappa shape index (κ3) is 2.62. The molecule has 0 radical (unpaired) electrons. The van der Waals surface area contributed by atoms with Crippen molar-refractivity contribution >= 4 is 27.5 Å². The molecule has 0 atom stereocenters. The van der Waals surface area contributed by atoms with Crippen molar-refractivity contribution in [1.29, 1.82) is 0 Å². The second-order valence-electron chi connectivity index (χ2n) is 4.15. The third-order valence-corrected chi connectivity index (χ3v) is 3.82. The molecule has 0 saturated carbocycles. The van der Waals surface area contributed by atoms with Gasteiger partial charge in [0, 0.05) is 16.0 Å². The fourth-order valence-corrected chi connectivity index (χ4v) is 2.60. The molecule has 0 saturated heterocycles.